The number of aliphatic hydroxyl groups is 1. The number of carbonyl (C=O) groups excluding carboxylic acids is 1. The highest BCUT2D eigenvalue weighted by Gasteiger charge is 2.07. The van der Waals surface area contributed by atoms with Gasteiger partial charge in [-0.15, -0.1) is 11.3 Å². The number of aliphatic hydroxyl groups excluding tert-OH is 1. The van der Waals surface area contributed by atoms with Crippen LogP contribution in [-0.2, 0) is 11.3 Å². The lowest BCUT2D eigenvalue weighted by Crippen LogP contribution is -2.23. The monoisotopic (exact) mass is 265 g/mol. The zero-order valence-electron chi connectivity index (χ0n) is 10.8. The van der Waals surface area contributed by atoms with Gasteiger partial charge in [-0.3, -0.25) is 4.79 Å². The molecule has 98 valence electrons. The van der Waals surface area contributed by atoms with Crippen molar-refractivity contribution in [3.8, 4) is 11.8 Å². The SMILES string of the molecule is CCC(C)CC(=O)NCc1cc(C#CCO)cs1. The molecule has 3 nitrogen and oxygen atoms in total. The normalized spacial score (nSPS) is 11.5. The molecule has 0 aromatic carbocycles. The Morgan fingerprint density at radius 3 is 3.06 bits per heavy atom. The molecule has 0 spiro atoms. The van der Waals surface area contributed by atoms with Gasteiger partial charge in [0.25, 0.3) is 0 Å². The van der Waals surface area contributed by atoms with Gasteiger partial charge in [0, 0.05) is 22.2 Å². The molecule has 18 heavy (non-hydrogen) atoms. The highest BCUT2D eigenvalue weighted by Crippen LogP contribution is 2.14. The van der Waals surface area contributed by atoms with Crippen molar-refractivity contribution in [2.45, 2.75) is 33.2 Å². The van der Waals surface area contributed by atoms with E-state index in [1.165, 1.54) is 0 Å². The zero-order valence-corrected chi connectivity index (χ0v) is 11.6. The first kappa shape index (κ1) is 14.7. The van der Waals surface area contributed by atoms with Crippen LogP contribution in [0.15, 0.2) is 11.4 Å². The average molecular weight is 265 g/mol. The van der Waals surface area contributed by atoms with Crippen LogP contribution >= 0.6 is 11.3 Å². The third kappa shape index (κ3) is 5.35. The molecular formula is C14H19NO2S. The molecule has 0 saturated carbocycles. The third-order valence-electron chi connectivity index (χ3n) is 2.66. The largest absolute Gasteiger partial charge is 0.384 e. The van der Waals surface area contributed by atoms with E-state index in [1.54, 1.807) is 11.3 Å². The summed E-state index contributed by atoms with van der Waals surface area (Å²) in [5, 5.41) is 13.4. The number of nitrogens with one attached hydrogen (secondary N) is 1. The fraction of sp³-hybridized carbons (Fsp3) is 0.500. The summed E-state index contributed by atoms with van der Waals surface area (Å²) in [6.45, 7) is 4.59. The third-order valence-corrected chi connectivity index (χ3v) is 3.59. The summed E-state index contributed by atoms with van der Waals surface area (Å²) < 4.78 is 0. The van der Waals surface area contributed by atoms with Crippen LogP contribution in [0, 0.1) is 17.8 Å². The summed E-state index contributed by atoms with van der Waals surface area (Å²) in [4.78, 5) is 12.7. The first-order chi connectivity index (χ1) is 8.65. The Balaban J connectivity index is 2.39. The molecule has 0 fully saturated rings. The van der Waals surface area contributed by atoms with E-state index in [9.17, 15) is 4.79 Å². The second kappa shape index (κ2) is 7.91. The van der Waals surface area contributed by atoms with E-state index in [-0.39, 0.29) is 12.5 Å². The first-order valence-electron chi connectivity index (χ1n) is 6.09. The minimum absolute atomic E-state index is 0.0979. The van der Waals surface area contributed by atoms with Gasteiger partial charge in [0.15, 0.2) is 0 Å². The van der Waals surface area contributed by atoms with Gasteiger partial charge in [0.1, 0.15) is 6.61 Å². The van der Waals surface area contributed by atoms with Gasteiger partial charge in [-0.25, -0.2) is 0 Å². The molecule has 1 heterocycles. The molecule has 2 N–H and O–H groups in total. The predicted molar refractivity (Wildman–Crippen MR) is 74.2 cm³/mol. The number of amides is 1. The summed E-state index contributed by atoms with van der Waals surface area (Å²) in [6, 6.07) is 1.94. The Morgan fingerprint density at radius 1 is 1.61 bits per heavy atom. The molecule has 1 unspecified atom stereocenters. The average Bonchev–Trinajstić information content (AvgIpc) is 2.81. The minimum Gasteiger partial charge on any atom is -0.384 e. The lowest BCUT2D eigenvalue weighted by atomic mass is 10.1. The van der Waals surface area contributed by atoms with E-state index >= 15 is 0 Å². The molecule has 1 atom stereocenters. The number of carbonyl (C=O) groups is 1. The van der Waals surface area contributed by atoms with E-state index in [2.05, 4.69) is 31.0 Å². The molecule has 0 aliphatic heterocycles. The van der Waals surface area contributed by atoms with E-state index in [0.29, 0.717) is 18.9 Å². The second-order valence-corrected chi connectivity index (χ2v) is 5.25. The Labute approximate surface area is 112 Å². The van der Waals surface area contributed by atoms with Gasteiger partial charge < -0.3 is 10.4 Å². The van der Waals surface area contributed by atoms with Crippen LogP contribution in [0.5, 0.6) is 0 Å². The lowest BCUT2D eigenvalue weighted by Gasteiger charge is -2.08. The predicted octanol–water partition coefficient (Wildman–Crippen LogP) is 2.14. The van der Waals surface area contributed by atoms with Gasteiger partial charge in [-0.2, -0.15) is 0 Å². The van der Waals surface area contributed by atoms with Crippen molar-refractivity contribution in [2.75, 3.05) is 6.61 Å². The van der Waals surface area contributed by atoms with Gasteiger partial charge in [0.05, 0.1) is 6.54 Å². The van der Waals surface area contributed by atoms with Crippen LogP contribution in [0.2, 0.25) is 0 Å². The fourth-order valence-corrected chi connectivity index (χ4v) is 2.16. The Bertz CT molecular complexity index is 442. The quantitative estimate of drug-likeness (QED) is 0.801. The highest BCUT2D eigenvalue weighted by molar-refractivity contribution is 7.10. The van der Waals surface area contributed by atoms with Crippen LogP contribution in [0.3, 0.4) is 0 Å². The summed E-state index contributed by atoms with van der Waals surface area (Å²) >= 11 is 1.57. The van der Waals surface area contributed by atoms with Crippen molar-refractivity contribution >= 4 is 17.2 Å². The second-order valence-electron chi connectivity index (χ2n) is 4.26. The van der Waals surface area contributed by atoms with Crippen LogP contribution in [-0.4, -0.2) is 17.6 Å². The molecule has 4 heteroatoms. The first-order valence-corrected chi connectivity index (χ1v) is 6.97. The van der Waals surface area contributed by atoms with Gasteiger partial charge in [0.2, 0.25) is 5.91 Å². The molecule has 1 rings (SSSR count). The van der Waals surface area contributed by atoms with Gasteiger partial charge in [-0.05, 0) is 12.0 Å². The van der Waals surface area contributed by atoms with Crippen LogP contribution < -0.4 is 5.32 Å². The molecular weight excluding hydrogens is 246 g/mol. The van der Waals surface area contributed by atoms with E-state index in [0.717, 1.165) is 16.9 Å². The van der Waals surface area contributed by atoms with E-state index < -0.39 is 0 Å². The summed E-state index contributed by atoms with van der Waals surface area (Å²) in [5.41, 5.74) is 0.889. The standard InChI is InChI=1S/C14H19NO2S/c1-3-11(2)7-14(17)15-9-13-8-12(10-18-13)5-4-6-16/h8,10-11,16H,3,6-7,9H2,1-2H3,(H,15,17). The smallest absolute Gasteiger partial charge is 0.220 e. The summed E-state index contributed by atoms with van der Waals surface area (Å²) in [6.07, 6.45) is 1.60. The minimum atomic E-state index is -0.128. The van der Waals surface area contributed by atoms with Gasteiger partial charge >= 0.3 is 0 Å². The van der Waals surface area contributed by atoms with Crippen molar-refractivity contribution in [3.05, 3.63) is 21.9 Å². The number of thiophene rings is 1. The van der Waals surface area contributed by atoms with Crippen molar-refractivity contribution in [1.82, 2.24) is 5.32 Å². The maximum absolute atomic E-state index is 11.6. The number of hydrogen-bond donors (Lipinski definition) is 2. The number of rotatable bonds is 5. The fourth-order valence-electron chi connectivity index (χ4n) is 1.40. The molecule has 0 saturated heterocycles. The molecule has 0 aliphatic carbocycles. The Hall–Kier alpha value is -1.31. The molecule has 0 bridgehead atoms. The van der Waals surface area contributed by atoms with Crippen molar-refractivity contribution < 1.29 is 9.90 Å². The molecule has 0 radical (unpaired) electrons. The zero-order chi connectivity index (χ0) is 13.4. The maximum Gasteiger partial charge on any atom is 0.220 e. The topological polar surface area (TPSA) is 49.3 Å². The molecule has 1 aromatic heterocycles. The van der Waals surface area contributed by atoms with Gasteiger partial charge in [-0.1, -0.05) is 32.1 Å². The number of hydrogen-bond acceptors (Lipinski definition) is 3. The Kier molecular flexibility index (Phi) is 6.48. The van der Waals surface area contributed by atoms with Crippen LogP contribution in [0.25, 0.3) is 0 Å². The van der Waals surface area contributed by atoms with Crippen molar-refractivity contribution in [3.63, 3.8) is 0 Å². The van der Waals surface area contributed by atoms with Crippen LogP contribution in [0.1, 0.15) is 37.1 Å². The summed E-state index contributed by atoms with van der Waals surface area (Å²) in [5.74, 6) is 5.97. The van der Waals surface area contributed by atoms with E-state index in [1.807, 2.05) is 11.4 Å². The van der Waals surface area contributed by atoms with Crippen molar-refractivity contribution in [1.29, 1.82) is 0 Å². The molecule has 0 aliphatic rings. The molecule has 1 aromatic rings. The summed E-state index contributed by atoms with van der Waals surface area (Å²) in [7, 11) is 0. The van der Waals surface area contributed by atoms with E-state index in [4.69, 9.17) is 5.11 Å². The maximum atomic E-state index is 11.6. The highest BCUT2D eigenvalue weighted by atomic mass is 32.1. The Morgan fingerprint density at radius 2 is 2.39 bits per heavy atom. The van der Waals surface area contributed by atoms with Crippen LogP contribution in [0.4, 0.5) is 0 Å². The van der Waals surface area contributed by atoms with Crippen molar-refractivity contribution in [2.24, 2.45) is 5.92 Å². The molecule has 1 amide bonds. The lowest BCUT2D eigenvalue weighted by molar-refractivity contribution is -0.122.